The molecule has 4 rings (SSSR count). The van der Waals surface area contributed by atoms with Crippen LogP contribution in [0.1, 0.15) is 5.56 Å². The lowest BCUT2D eigenvalue weighted by molar-refractivity contribution is -0.118. The summed E-state index contributed by atoms with van der Waals surface area (Å²) in [5, 5.41) is 13.1. The van der Waals surface area contributed by atoms with Gasteiger partial charge in [-0.25, -0.2) is 9.82 Å². The molecule has 1 N–H and O–H groups in total. The van der Waals surface area contributed by atoms with Crippen LogP contribution in [0.5, 0.6) is 0 Å². The summed E-state index contributed by atoms with van der Waals surface area (Å²) in [5.74, 6) is -0.00329. The van der Waals surface area contributed by atoms with E-state index in [2.05, 4.69) is 36.7 Å². The minimum atomic E-state index is -0.407. The Bertz CT molecular complexity index is 1240. The van der Waals surface area contributed by atoms with Crippen molar-refractivity contribution in [1.82, 2.24) is 20.2 Å². The van der Waals surface area contributed by atoms with Gasteiger partial charge in [0.1, 0.15) is 5.82 Å². The first-order valence-corrected chi connectivity index (χ1v) is 11.4. The smallest absolute Gasteiger partial charge is 0.250 e. The average molecular weight is 510 g/mol. The minimum Gasteiger partial charge on any atom is -0.272 e. The fourth-order valence-corrected chi connectivity index (χ4v) is 3.89. The first-order valence-electron chi connectivity index (χ1n) is 9.58. The normalized spacial score (nSPS) is 11.1. The van der Waals surface area contributed by atoms with Crippen molar-refractivity contribution >= 4 is 39.8 Å². The molecular weight excluding hydrogens is 493 g/mol. The molecule has 6 nitrogen and oxygen atoms in total. The van der Waals surface area contributed by atoms with E-state index in [1.54, 1.807) is 18.2 Å². The molecule has 0 bridgehead atoms. The van der Waals surface area contributed by atoms with Crippen molar-refractivity contribution in [2.75, 3.05) is 5.75 Å². The van der Waals surface area contributed by atoms with Gasteiger partial charge in [-0.05, 0) is 30.3 Å². The summed E-state index contributed by atoms with van der Waals surface area (Å²) in [6, 6.07) is 23.7. The van der Waals surface area contributed by atoms with Gasteiger partial charge in [-0.2, -0.15) is 5.10 Å². The Morgan fingerprint density at radius 2 is 1.75 bits per heavy atom. The van der Waals surface area contributed by atoms with Crippen molar-refractivity contribution in [3.05, 3.63) is 94.7 Å². The zero-order valence-electron chi connectivity index (χ0n) is 16.7. The number of nitrogens with zero attached hydrogens (tertiary/aromatic N) is 4. The largest absolute Gasteiger partial charge is 0.272 e. The molecular formula is C23H17BrFN5OS. The Morgan fingerprint density at radius 1 is 1.03 bits per heavy atom. The molecule has 9 heteroatoms. The zero-order valence-corrected chi connectivity index (χ0v) is 19.1. The van der Waals surface area contributed by atoms with E-state index in [4.69, 9.17) is 0 Å². The first-order chi connectivity index (χ1) is 15.6. The maximum absolute atomic E-state index is 13.6. The molecule has 32 heavy (non-hydrogen) atoms. The molecule has 1 aromatic heterocycles. The molecule has 3 aromatic carbocycles. The van der Waals surface area contributed by atoms with E-state index in [1.807, 2.05) is 59.2 Å². The van der Waals surface area contributed by atoms with E-state index in [0.29, 0.717) is 16.5 Å². The summed E-state index contributed by atoms with van der Waals surface area (Å²) >= 11 is 4.69. The maximum atomic E-state index is 13.6. The average Bonchev–Trinajstić information content (AvgIpc) is 3.24. The molecule has 160 valence electrons. The maximum Gasteiger partial charge on any atom is 0.250 e. The molecule has 0 atom stereocenters. The van der Waals surface area contributed by atoms with Gasteiger partial charge < -0.3 is 0 Å². The quantitative estimate of drug-likeness (QED) is 0.214. The van der Waals surface area contributed by atoms with Gasteiger partial charge in [-0.15, -0.1) is 10.2 Å². The molecule has 0 aliphatic carbocycles. The molecule has 1 amide bonds. The second-order valence-electron chi connectivity index (χ2n) is 6.59. The van der Waals surface area contributed by atoms with Crippen molar-refractivity contribution in [3.63, 3.8) is 0 Å². The Morgan fingerprint density at radius 3 is 2.50 bits per heavy atom. The molecule has 0 saturated carbocycles. The van der Waals surface area contributed by atoms with E-state index in [9.17, 15) is 9.18 Å². The lowest BCUT2D eigenvalue weighted by Gasteiger charge is -2.10. The number of carbonyl (C=O) groups is 1. The summed E-state index contributed by atoms with van der Waals surface area (Å²) in [7, 11) is 0. The number of thioether (sulfide) groups is 1. The van der Waals surface area contributed by atoms with Crippen molar-refractivity contribution in [3.8, 4) is 17.1 Å². The highest BCUT2D eigenvalue weighted by Gasteiger charge is 2.17. The number of hydrogen-bond acceptors (Lipinski definition) is 5. The summed E-state index contributed by atoms with van der Waals surface area (Å²) < 4.78 is 16.5. The minimum absolute atomic E-state index is 0.0675. The number of halogens is 2. The van der Waals surface area contributed by atoms with Crippen molar-refractivity contribution in [1.29, 1.82) is 0 Å². The zero-order chi connectivity index (χ0) is 22.3. The Kier molecular flexibility index (Phi) is 7.08. The predicted octanol–water partition coefficient (Wildman–Crippen LogP) is 5.08. The van der Waals surface area contributed by atoms with Gasteiger partial charge in [0.05, 0.1) is 12.0 Å². The molecule has 0 saturated heterocycles. The van der Waals surface area contributed by atoms with Crippen molar-refractivity contribution in [2.45, 2.75) is 5.16 Å². The molecule has 0 aliphatic heterocycles. The molecule has 1 heterocycles. The second kappa shape index (κ2) is 10.3. The third-order valence-corrected chi connectivity index (χ3v) is 5.84. The van der Waals surface area contributed by atoms with Crippen LogP contribution in [0.2, 0.25) is 0 Å². The van der Waals surface area contributed by atoms with Crippen LogP contribution in [0.25, 0.3) is 17.1 Å². The fraction of sp³-hybridized carbons (Fsp3) is 0.0435. The van der Waals surface area contributed by atoms with Crippen LogP contribution in [0.3, 0.4) is 0 Å². The predicted molar refractivity (Wildman–Crippen MR) is 127 cm³/mol. The third-order valence-electron chi connectivity index (χ3n) is 4.38. The molecule has 0 unspecified atom stereocenters. The van der Waals surface area contributed by atoms with E-state index >= 15 is 0 Å². The number of rotatable bonds is 7. The van der Waals surface area contributed by atoms with Gasteiger partial charge in [0.25, 0.3) is 5.91 Å². The Labute approximate surface area is 196 Å². The van der Waals surface area contributed by atoms with E-state index in [-0.39, 0.29) is 11.7 Å². The van der Waals surface area contributed by atoms with E-state index < -0.39 is 5.82 Å². The third kappa shape index (κ3) is 5.30. The number of aromatic nitrogens is 3. The summed E-state index contributed by atoms with van der Waals surface area (Å²) in [5.41, 5.74) is 4.49. The van der Waals surface area contributed by atoms with Crippen LogP contribution >= 0.6 is 27.7 Å². The number of amides is 1. The number of carbonyl (C=O) groups excluding carboxylic acids is 1. The SMILES string of the molecule is O=C(CSc1nnc(-c2ccccc2)n1-c1ccc(Br)cc1)N/N=C/c1ccccc1F. The number of benzene rings is 3. The molecule has 4 aromatic rings. The van der Waals surface area contributed by atoms with Gasteiger partial charge >= 0.3 is 0 Å². The van der Waals surface area contributed by atoms with Crippen LogP contribution < -0.4 is 5.43 Å². The van der Waals surface area contributed by atoms with Crippen LogP contribution in [0.4, 0.5) is 4.39 Å². The molecule has 0 aliphatic rings. The molecule has 0 spiro atoms. The summed E-state index contributed by atoms with van der Waals surface area (Å²) in [6.45, 7) is 0. The Balaban J connectivity index is 1.51. The van der Waals surface area contributed by atoms with Gasteiger partial charge in [0.15, 0.2) is 11.0 Å². The van der Waals surface area contributed by atoms with Crippen LogP contribution in [-0.2, 0) is 4.79 Å². The highest BCUT2D eigenvalue weighted by Crippen LogP contribution is 2.28. The van der Waals surface area contributed by atoms with E-state index in [0.717, 1.165) is 15.7 Å². The monoisotopic (exact) mass is 509 g/mol. The number of hydrazone groups is 1. The molecule has 0 fully saturated rings. The summed E-state index contributed by atoms with van der Waals surface area (Å²) in [6.07, 6.45) is 1.27. The van der Waals surface area contributed by atoms with Gasteiger partial charge in [-0.3, -0.25) is 9.36 Å². The Hall–Kier alpha value is -3.30. The number of nitrogens with one attached hydrogen (secondary N) is 1. The van der Waals surface area contributed by atoms with Crippen LogP contribution in [0, 0.1) is 5.82 Å². The topological polar surface area (TPSA) is 72.2 Å². The van der Waals surface area contributed by atoms with Crippen LogP contribution in [-0.4, -0.2) is 32.6 Å². The lowest BCUT2D eigenvalue weighted by atomic mass is 10.2. The fourth-order valence-electron chi connectivity index (χ4n) is 2.88. The lowest BCUT2D eigenvalue weighted by Crippen LogP contribution is -2.20. The van der Waals surface area contributed by atoms with E-state index in [1.165, 1.54) is 24.0 Å². The summed E-state index contributed by atoms with van der Waals surface area (Å²) in [4.78, 5) is 12.3. The highest BCUT2D eigenvalue weighted by atomic mass is 79.9. The second-order valence-corrected chi connectivity index (χ2v) is 8.45. The van der Waals surface area contributed by atoms with Crippen molar-refractivity contribution in [2.24, 2.45) is 5.10 Å². The van der Waals surface area contributed by atoms with Crippen molar-refractivity contribution < 1.29 is 9.18 Å². The van der Waals surface area contributed by atoms with Gasteiger partial charge in [0.2, 0.25) is 0 Å². The van der Waals surface area contributed by atoms with Gasteiger partial charge in [-0.1, -0.05) is 76.2 Å². The standard InChI is InChI=1S/C23H17BrFN5OS/c24-18-10-12-19(13-11-18)30-22(16-6-2-1-3-7-16)28-29-23(30)32-15-21(31)27-26-14-17-8-4-5-9-20(17)25/h1-14H,15H2,(H,27,31)/b26-14+. The van der Waals surface area contributed by atoms with Crippen LogP contribution in [0.15, 0.2) is 93.6 Å². The van der Waals surface area contributed by atoms with Gasteiger partial charge in [0, 0.05) is 21.3 Å². The highest BCUT2D eigenvalue weighted by molar-refractivity contribution is 9.10. The molecule has 0 radical (unpaired) electrons. The first kappa shape index (κ1) is 21.9. The number of hydrogen-bond donors (Lipinski definition) is 1.